The number of rotatable bonds is 4. The van der Waals surface area contributed by atoms with Crippen LogP contribution in [0.5, 0.6) is 5.75 Å². The van der Waals surface area contributed by atoms with Crippen molar-refractivity contribution in [2.75, 3.05) is 11.9 Å². The lowest BCUT2D eigenvalue weighted by atomic mass is 10.3. The van der Waals surface area contributed by atoms with Gasteiger partial charge in [0.1, 0.15) is 5.82 Å². The predicted molar refractivity (Wildman–Crippen MR) is 80.5 cm³/mol. The van der Waals surface area contributed by atoms with Gasteiger partial charge in [0.25, 0.3) is 5.91 Å². The number of fused-ring (bicyclic) bond motifs is 1. The first-order valence-electron chi connectivity index (χ1n) is 6.74. The van der Waals surface area contributed by atoms with Crippen LogP contribution in [0, 0.1) is 12.7 Å². The number of aryl methyl sites for hydroxylation is 1. The van der Waals surface area contributed by atoms with Gasteiger partial charge in [-0.25, -0.2) is 9.37 Å². The number of aromatic nitrogens is 2. The number of nitrogens with zero attached hydrogens (tertiary/aromatic N) is 2. The molecule has 0 aliphatic heterocycles. The van der Waals surface area contributed by atoms with Gasteiger partial charge in [0, 0.05) is 18.1 Å². The van der Waals surface area contributed by atoms with Crippen molar-refractivity contribution >= 4 is 17.2 Å². The minimum absolute atomic E-state index is 0.178. The molecule has 0 fully saturated rings. The van der Waals surface area contributed by atoms with Crippen molar-refractivity contribution in [3.63, 3.8) is 0 Å². The van der Waals surface area contributed by atoms with E-state index < -0.39 is 5.82 Å². The van der Waals surface area contributed by atoms with Gasteiger partial charge in [-0.05, 0) is 37.3 Å². The molecule has 2 aromatic heterocycles. The molecule has 0 saturated heterocycles. The van der Waals surface area contributed by atoms with Gasteiger partial charge < -0.3 is 14.5 Å². The Morgan fingerprint density at radius 3 is 3.05 bits per heavy atom. The second-order valence-electron chi connectivity index (χ2n) is 4.83. The van der Waals surface area contributed by atoms with Crippen LogP contribution in [0.25, 0.3) is 5.65 Å². The minimum atomic E-state index is -0.406. The number of amides is 1. The second-order valence-corrected chi connectivity index (χ2v) is 4.83. The van der Waals surface area contributed by atoms with Crippen LogP contribution in [0.3, 0.4) is 0 Å². The first-order valence-corrected chi connectivity index (χ1v) is 6.74. The zero-order valence-electron chi connectivity index (χ0n) is 11.9. The number of pyridine rings is 1. The summed E-state index contributed by atoms with van der Waals surface area (Å²) in [5.74, 6) is -0.253. The van der Waals surface area contributed by atoms with Gasteiger partial charge in [-0.15, -0.1) is 0 Å². The van der Waals surface area contributed by atoms with Crippen molar-refractivity contribution in [3.05, 3.63) is 60.3 Å². The average Bonchev–Trinajstić information content (AvgIpc) is 2.86. The Hall–Kier alpha value is -2.89. The highest BCUT2D eigenvalue weighted by atomic mass is 19.1. The number of nitrogens with one attached hydrogen (secondary N) is 1. The Balaban J connectivity index is 1.67. The van der Waals surface area contributed by atoms with Crippen LogP contribution in [0.1, 0.15) is 5.69 Å². The van der Waals surface area contributed by atoms with Gasteiger partial charge >= 0.3 is 0 Å². The van der Waals surface area contributed by atoms with Crippen molar-refractivity contribution in [3.8, 4) is 5.75 Å². The number of hydrogen-bond donors (Lipinski definition) is 1. The first-order chi connectivity index (χ1) is 10.6. The molecule has 0 spiro atoms. The largest absolute Gasteiger partial charge is 0.480 e. The number of halogens is 1. The number of hydrogen-bond acceptors (Lipinski definition) is 3. The van der Waals surface area contributed by atoms with Crippen molar-refractivity contribution in [1.82, 2.24) is 9.38 Å². The molecule has 0 bridgehead atoms. The molecule has 6 heteroatoms. The van der Waals surface area contributed by atoms with E-state index in [2.05, 4.69) is 10.3 Å². The first kappa shape index (κ1) is 14.1. The highest BCUT2D eigenvalue weighted by Gasteiger charge is 2.08. The van der Waals surface area contributed by atoms with E-state index in [1.165, 1.54) is 18.2 Å². The molecule has 1 N–H and O–H groups in total. The fourth-order valence-corrected chi connectivity index (χ4v) is 2.13. The monoisotopic (exact) mass is 299 g/mol. The van der Waals surface area contributed by atoms with Crippen molar-refractivity contribution in [2.24, 2.45) is 0 Å². The molecule has 5 nitrogen and oxygen atoms in total. The molecule has 0 unspecified atom stereocenters. The molecule has 22 heavy (non-hydrogen) atoms. The summed E-state index contributed by atoms with van der Waals surface area (Å²) >= 11 is 0. The van der Waals surface area contributed by atoms with Crippen LogP contribution in [0.4, 0.5) is 10.1 Å². The smallest absolute Gasteiger partial charge is 0.262 e. The van der Waals surface area contributed by atoms with E-state index in [0.29, 0.717) is 17.1 Å². The molecule has 2 heterocycles. The predicted octanol–water partition coefficient (Wildman–Crippen LogP) is 2.80. The molecule has 3 rings (SSSR count). The van der Waals surface area contributed by atoms with Crippen LogP contribution < -0.4 is 10.1 Å². The van der Waals surface area contributed by atoms with E-state index in [1.807, 2.05) is 29.8 Å². The van der Waals surface area contributed by atoms with Crippen LogP contribution in [0.15, 0.2) is 48.8 Å². The van der Waals surface area contributed by atoms with E-state index in [-0.39, 0.29) is 12.5 Å². The van der Waals surface area contributed by atoms with E-state index in [9.17, 15) is 9.18 Å². The van der Waals surface area contributed by atoms with Crippen molar-refractivity contribution < 1.29 is 13.9 Å². The fraction of sp³-hybridized carbons (Fsp3) is 0.125. The maximum atomic E-state index is 13.1. The van der Waals surface area contributed by atoms with Crippen LogP contribution in [-0.2, 0) is 4.79 Å². The third kappa shape index (κ3) is 3.06. The molecule has 0 saturated carbocycles. The summed E-state index contributed by atoms with van der Waals surface area (Å²) in [4.78, 5) is 16.2. The third-order valence-corrected chi connectivity index (χ3v) is 3.03. The van der Waals surface area contributed by atoms with Gasteiger partial charge in [-0.3, -0.25) is 4.79 Å². The average molecular weight is 299 g/mol. The number of carbonyl (C=O) groups excluding carboxylic acids is 1. The highest BCUT2D eigenvalue weighted by Crippen LogP contribution is 2.18. The van der Waals surface area contributed by atoms with E-state index in [1.54, 1.807) is 12.1 Å². The molecule has 0 atom stereocenters. The summed E-state index contributed by atoms with van der Waals surface area (Å²) in [6.45, 7) is 1.70. The minimum Gasteiger partial charge on any atom is -0.480 e. The quantitative estimate of drug-likeness (QED) is 0.806. The summed E-state index contributed by atoms with van der Waals surface area (Å²) in [5.41, 5.74) is 1.90. The Morgan fingerprint density at radius 1 is 1.36 bits per heavy atom. The molecule has 112 valence electrons. The molecule has 3 aromatic rings. The molecule has 1 amide bonds. The van der Waals surface area contributed by atoms with Gasteiger partial charge in [-0.2, -0.15) is 0 Å². The topological polar surface area (TPSA) is 55.6 Å². The normalized spacial score (nSPS) is 10.6. The third-order valence-electron chi connectivity index (χ3n) is 3.03. The second kappa shape index (κ2) is 5.85. The molecular weight excluding hydrogens is 285 g/mol. The van der Waals surface area contributed by atoms with Crippen LogP contribution in [-0.4, -0.2) is 21.9 Å². The Morgan fingerprint density at radius 2 is 2.23 bits per heavy atom. The van der Waals surface area contributed by atoms with E-state index in [0.717, 1.165) is 5.69 Å². The number of ether oxygens (including phenoxy) is 1. The Labute approximate surface area is 126 Å². The van der Waals surface area contributed by atoms with E-state index in [4.69, 9.17) is 4.74 Å². The molecule has 1 aromatic carbocycles. The zero-order chi connectivity index (χ0) is 15.5. The summed E-state index contributed by atoms with van der Waals surface area (Å²) in [6.07, 6.45) is 3.73. The highest BCUT2D eigenvalue weighted by molar-refractivity contribution is 5.91. The van der Waals surface area contributed by atoms with Gasteiger partial charge in [-0.1, -0.05) is 6.07 Å². The van der Waals surface area contributed by atoms with Crippen LogP contribution >= 0.6 is 0 Å². The maximum Gasteiger partial charge on any atom is 0.262 e. The zero-order valence-corrected chi connectivity index (χ0v) is 11.9. The summed E-state index contributed by atoms with van der Waals surface area (Å²) in [7, 11) is 0. The number of anilines is 1. The number of imidazole rings is 1. The van der Waals surface area contributed by atoms with E-state index >= 15 is 0 Å². The SMILES string of the molecule is Cc1cn2cccc(OCC(=O)Nc3cccc(F)c3)c2n1. The van der Waals surface area contributed by atoms with Crippen molar-refractivity contribution in [2.45, 2.75) is 6.92 Å². The standard InChI is InChI=1S/C16H14FN3O2/c1-11-9-20-7-3-6-14(16(20)18-11)22-10-15(21)19-13-5-2-4-12(17)8-13/h2-9H,10H2,1H3,(H,19,21). The lowest BCUT2D eigenvalue weighted by Gasteiger charge is -2.08. The lowest BCUT2D eigenvalue weighted by Crippen LogP contribution is -2.20. The van der Waals surface area contributed by atoms with Crippen LogP contribution in [0.2, 0.25) is 0 Å². The van der Waals surface area contributed by atoms with Gasteiger partial charge in [0.05, 0.1) is 5.69 Å². The number of benzene rings is 1. The lowest BCUT2D eigenvalue weighted by molar-refractivity contribution is -0.118. The van der Waals surface area contributed by atoms with Crippen molar-refractivity contribution in [1.29, 1.82) is 0 Å². The summed E-state index contributed by atoms with van der Waals surface area (Å²) in [6, 6.07) is 9.26. The molecule has 0 aliphatic carbocycles. The molecular formula is C16H14FN3O2. The number of carbonyl (C=O) groups is 1. The summed E-state index contributed by atoms with van der Waals surface area (Å²) in [5, 5.41) is 2.58. The maximum absolute atomic E-state index is 13.1. The van der Waals surface area contributed by atoms with Gasteiger partial charge in [0.2, 0.25) is 0 Å². The Kier molecular flexibility index (Phi) is 3.74. The Bertz CT molecular complexity index is 829. The molecule has 0 radical (unpaired) electrons. The van der Waals surface area contributed by atoms with Gasteiger partial charge in [0.15, 0.2) is 18.0 Å². The molecule has 0 aliphatic rings. The fourth-order valence-electron chi connectivity index (χ4n) is 2.13. The summed E-state index contributed by atoms with van der Waals surface area (Å²) < 4.78 is 20.4.